The summed E-state index contributed by atoms with van der Waals surface area (Å²) in [5.74, 6) is 0.676. The van der Waals surface area contributed by atoms with Crippen molar-refractivity contribution < 1.29 is 0 Å². The van der Waals surface area contributed by atoms with E-state index in [4.69, 9.17) is 5.26 Å². The number of hydrogen-bond acceptors (Lipinski definition) is 3. The molecule has 1 heterocycles. The predicted molar refractivity (Wildman–Crippen MR) is 61.7 cm³/mol. The lowest BCUT2D eigenvalue weighted by atomic mass is 10.1. The van der Waals surface area contributed by atoms with Crippen molar-refractivity contribution in [1.82, 2.24) is 4.98 Å². The molecule has 0 bridgehead atoms. The fraction of sp³-hybridized carbons (Fsp3) is 0.500. The van der Waals surface area contributed by atoms with Crippen molar-refractivity contribution >= 4 is 5.69 Å². The van der Waals surface area contributed by atoms with E-state index in [1.165, 1.54) is 0 Å². The zero-order chi connectivity index (χ0) is 11.3. The maximum absolute atomic E-state index is 8.94. The molecule has 0 N–H and O–H groups in total. The number of pyridine rings is 1. The molecule has 0 aliphatic heterocycles. The Morgan fingerprint density at radius 3 is 2.87 bits per heavy atom. The molecule has 1 aromatic rings. The minimum atomic E-state index is 0.676. The van der Waals surface area contributed by atoms with E-state index in [1.807, 2.05) is 7.05 Å². The summed E-state index contributed by atoms with van der Waals surface area (Å²) in [5.41, 5.74) is 1.61. The van der Waals surface area contributed by atoms with E-state index in [9.17, 15) is 0 Å². The smallest absolute Gasteiger partial charge is 0.101 e. The van der Waals surface area contributed by atoms with Crippen molar-refractivity contribution in [3.63, 3.8) is 0 Å². The van der Waals surface area contributed by atoms with Gasteiger partial charge in [-0.2, -0.15) is 5.26 Å². The topological polar surface area (TPSA) is 39.9 Å². The molecule has 1 aromatic heterocycles. The quantitative estimate of drug-likeness (QED) is 0.754. The van der Waals surface area contributed by atoms with Gasteiger partial charge in [0.2, 0.25) is 0 Å². The lowest BCUT2D eigenvalue weighted by Crippen LogP contribution is -2.20. The van der Waals surface area contributed by atoms with Gasteiger partial charge in [-0.15, -0.1) is 0 Å². The van der Waals surface area contributed by atoms with Crippen LogP contribution in [0.2, 0.25) is 0 Å². The molecule has 80 valence electrons. The Balaban J connectivity index is 2.73. The van der Waals surface area contributed by atoms with Crippen molar-refractivity contribution in [2.75, 3.05) is 18.5 Å². The molecule has 15 heavy (non-hydrogen) atoms. The van der Waals surface area contributed by atoms with E-state index in [-0.39, 0.29) is 0 Å². The third-order valence-electron chi connectivity index (χ3n) is 2.37. The largest absolute Gasteiger partial charge is 0.372 e. The van der Waals surface area contributed by atoms with Gasteiger partial charge in [0.15, 0.2) is 0 Å². The fourth-order valence-corrected chi connectivity index (χ4v) is 1.36. The zero-order valence-electron chi connectivity index (χ0n) is 9.57. The van der Waals surface area contributed by atoms with Crippen LogP contribution >= 0.6 is 0 Å². The van der Waals surface area contributed by atoms with Crippen LogP contribution in [0.5, 0.6) is 0 Å². The highest BCUT2D eigenvalue weighted by atomic mass is 15.1. The molecular formula is C12H17N3. The number of hydrogen-bond donors (Lipinski definition) is 0. The molecule has 0 saturated carbocycles. The van der Waals surface area contributed by atoms with Gasteiger partial charge >= 0.3 is 0 Å². The van der Waals surface area contributed by atoms with Crippen LogP contribution in [0.4, 0.5) is 5.69 Å². The molecule has 3 heteroatoms. The monoisotopic (exact) mass is 203 g/mol. The molecule has 0 unspecified atom stereocenters. The van der Waals surface area contributed by atoms with Crippen molar-refractivity contribution in [3.8, 4) is 6.07 Å². The van der Waals surface area contributed by atoms with Crippen LogP contribution < -0.4 is 4.90 Å². The summed E-state index contributed by atoms with van der Waals surface area (Å²) in [6.07, 6.45) is 4.52. The Hall–Kier alpha value is -1.56. The van der Waals surface area contributed by atoms with Crippen LogP contribution in [0.25, 0.3) is 0 Å². The maximum atomic E-state index is 8.94. The summed E-state index contributed by atoms with van der Waals surface area (Å²) in [6.45, 7) is 5.35. The van der Waals surface area contributed by atoms with Gasteiger partial charge in [-0.3, -0.25) is 4.98 Å². The first kappa shape index (κ1) is 11.5. The highest BCUT2D eigenvalue weighted by Crippen LogP contribution is 2.17. The van der Waals surface area contributed by atoms with E-state index in [0.717, 1.165) is 18.7 Å². The molecule has 0 fully saturated rings. The number of nitriles is 1. The zero-order valence-corrected chi connectivity index (χ0v) is 9.57. The first-order valence-corrected chi connectivity index (χ1v) is 5.20. The van der Waals surface area contributed by atoms with Crippen LogP contribution in [0.15, 0.2) is 18.5 Å². The first-order valence-electron chi connectivity index (χ1n) is 5.20. The molecule has 0 radical (unpaired) electrons. The number of aromatic nitrogens is 1. The molecule has 0 amide bonds. The van der Waals surface area contributed by atoms with Gasteiger partial charge in [-0.05, 0) is 18.4 Å². The normalized spacial score (nSPS) is 10.1. The van der Waals surface area contributed by atoms with Crippen molar-refractivity contribution in [2.24, 2.45) is 5.92 Å². The highest BCUT2D eigenvalue weighted by molar-refractivity contribution is 5.56. The van der Waals surface area contributed by atoms with Gasteiger partial charge in [0.05, 0.1) is 17.4 Å². The van der Waals surface area contributed by atoms with Gasteiger partial charge in [-0.25, -0.2) is 0 Å². The van der Waals surface area contributed by atoms with Crippen LogP contribution in [-0.4, -0.2) is 18.6 Å². The van der Waals surface area contributed by atoms with E-state index < -0.39 is 0 Å². The fourth-order valence-electron chi connectivity index (χ4n) is 1.36. The lowest BCUT2D eigenvalue weighted by Gasteiger charge is -2.20. The maximum Gasteiger partial charge on any atom is 0.101 e. The second kappa shape index (κ2) is 5.35. The molecular weight excluding hydrogens is 186 g/mol. The number of rotatable bonds is 4. The summed E-state index contributed by atoms with van der Waals surface area (Å²) in [6, 6.07) is 3.93. The number of nitrogens with zero attached hydrogens (tertiary/aromatic N) is 3. The van der Waals surface area contributed by atoms with E-state index in [1.54, 1.807) is 18.5 Å². The minimum absolute atomic E-state index is 0.676. The molecule has 0 spiro atoms. The molecule has 0 atom stereocenters. The van der Waals surface area contributed by atoms with Crippen LogP contribution in [-0.2, 0) is 0 Å². The molecule has 1 rings (SSSR count). The van der Waals surface area contributed by atoms with Gasteiger partial charge in [-0.1, -0.05) is 13.8 Å². The van der Waals surface area contributed by atoms with Crippen molar-refractivity contribution in [1.29, 1.82) is 5.26 Å². The van der Waals surface area contributed by atoms with Crippen LogP contribution in [0.3, 0.4) is 0 Å². The van der Waals surface area contributed by atoms with Crippen molar-refractivity contribution in [3.05, 3.63) is 24.0 Å². The standard InChI is InChI=1S/C12H17N3/c1-10(2)5-7-15(3)12-9-14-6-4-11(12)8-13/h4,6,9-10H,5,7H2,1-3H3. The third kappa shape index (κ3) is 3.25. The summed E-state index contributed by atoms with van der Waals surface area (Å²) in [4.78, 5) is 6.14. The third-order valence-corrected chi connectivity index (χ3v) is 2.37. The average Bonchev–Trinajstić information content (AvgIpc) is 2.25. The van der Waals surface area contributed by atoms with E-state index in [2.05, 4.69) is 29.8 Å². The molecule has 0 aliphatic carbocycles. The summed E-state index contributed by atoms with van der Waals surface area (Å²) in [7, 11) is 2.00. The van der Waals surface area contributed by atoms with Gasteiger partial charge in [0.25, 0.3) is 0 Å². The second-order valence-corrected chi connectivity index (χ2v) is 4.11. The summed E-state index contributed by atoms with van der Waals surface area (Å²) >= 11 is 0. The van der Waals surface area contributed by atoms with Crippen molar-refractivity contribution in [2.45, 2.75) is 20.3 Å². The van der Waals surface area contributed by atoms with Gasteiger partial charge < -0.3 is 4.90 Å². The SMILES string of the molecule is CC(C)CCN(C)c1cnccc1C#N. The van der Waals surface area contributed by atoms with Crippen LogP contribution in [0.1, 0.15) is 25.8 Å². The van der Waals surface area contributed by atoms with Gasteiger partial charge in [0, 0.05) is 19.8 Å². The molecule has 0 saturated heterocycles. The lowest BCUT2D eigenvalue weighted by molar-refractivity contribution is 0.585. The average molecular weight is 203 g/mol. The van der Waals surface area contributed by atoms with Crippen LogP contribution in [0, 0.1) is 17.2 Å². The Morgan fingerprint density at radius 2 is 2.27 bits per heavy atom. The molecule has 3 nitrogen and oxygen atoms in total. The Kier molecular flexibility index (Phi) is 4.11. The number of anilines is 1. The Bertz CT molecular complexity index is 352. The second-order valence-electron chi connectivity index (χ2n) is 4.11. The molecule has 0 aliphatic rings. The summed E-state index contributed by atoms with van der Waals surface area (Å²) in [5, 5.41) is 8.94. The minimum Gasteiger partial charge on any atom is -0.372 e. The van der Waals surface area contributed by atoms with E-state index >= 15 is 0 Å². The molecule has 0 aromatic carbocycles. The predicted octanol–water partition coefficient (Wildman–Crippen LogP) is 2.44. The summed E-state index contributed by atoms with van der Waals surface area (Å²) < 4.78 is 0. The Morgan fingerprint density at radius 1 is 1.53 bits per heavy atom. The van der Waals surface area contributed by atoms with E-state index in [0.29, 0.717) is 11.5 Å². The highest BCUT2D eigenvalue weighted by Gasteiger charge is 2.07. The Labute approximate surface area is 91.4 Å². The first-order chi connectivity index (χ1) is 7.15. The van der Waals surface area contributed by atoms with Gasteiger partial charge in [0.1, 0.15) is 6.07 Å².